The fourth-order valence-electron chi connectivity index (χ4n) is 0.666. The van der Waals surface area contributed by atoms with E-state index in [-0.39, 0.29) is 12.5 Å². The molecule has 0 aliphatic heterocycles. The molecule has 1 aromatic heterocycles. The summed E-state index contributed by atoms with van der Waals surface area (Å²) in [6, 6.07) is 0. The highest BCUT2D eigenvalue weighted by atomic mass is 32.1. The Morgan fingerprint density at radius 3 is 3.00 bits per heavy atom. The van der Waals surface area contributed by atoms with Gasteiger partial charge in [-0.1, -0.05) is 5.92 Å². The number of nitrogens with one attached hydrogen (secondary N) is 1. The average molecular weight is 190 g/mol. The van der Waals surface area contributed by atoms with Gasteiger partial charge in [0.15, 0.2) is 5.01 Å². The molecule has 0 fully saturated rings. The summed E-state index contributed by atoms with van der Waals surface area (Å²) in [5.74, 6) is 4.34. The second kappa shape index (κ2) is 4.30. The van der Waals surface area contributed by atoms with Crippen molar-refractivity contribution in [3.05, 3.63) is 16.1 Å². The summed E-state index contributed by atoms with van der Waals surface area (Å²) in [5.41, 5.74) is 0.313. The highest BCUT2D eigenvalue weighted by Crippen LogP contribution is 2.07. The Bertz CT molecular complexity index is 394. The van der Waals surface area contributed by atoms with Gasteiger partial charge in [-0.3, -0.25) is 4.79 Å². The highest BCUT2D eigenvalue weighted by Gasteiger charge is 2.07. The van der Waals surface area contributed by atoms with Gasteiger partial charge in [-0.25, -0.2) is 4.98 Å². The minimum absolute atomic E-state index is 0.196. The maximum atomic E-state index is 11.2. The fraction of sp³-hybridized carbons (Fsp3) is 0.111. The lowest BCUT2D eigenvalue weighted by molar-refractivity contribution is 0.0954. The van der Waals surface area contributed by atoms with E-state index in [1.165, 1.54) is 11.3 Å². The molecular weight excluding hydrogens is 184 g/mol. The van der Waals surface area contributed by atoms with Crippen molar-refractivity contribution in [1.29, 1.82) is 0 Å². The first-order chi connectivity index (χ1) is 6.27. The number of hydrogen-bond acceptors (Lipinski definition) is 3. The number of terminal acetylenes is 2. The van der Waals surface area contributed by atoms with E-state index in [0.29, 0.717) is 10.7 Å². The number of amides is 1. The summed E-state index contributed by atoms with van der Waals surface area (Å²) in [7, 11) is 0. The first kappa shape index (κ1) is 9.31. The third-order valence-electron chi connectivity index (χ3n) is 1.21. The Kier molecular flexibility index (Phi) is 3.08. The van der Waals surface area contributed by atoms with Crippen LogP contribution in [-0.4, -0.2) is 17.4 Å². The van der Waals surface area contributed by atoms with Crippen molar-refractivity contribution >= 4 is 17.2 Å². The van der Waals surface area contributed by atoms with Crippen molar-refractivity contribution in [3.63, 3.8) is 0 Å². The summed E-state index contributed by atoms with van der Waals surface area (Å²) in [5, 5.41) is 4.58. The molecule has 0 saturated carbocycles. The topological polar surface area (TPSA) is 42.0 Å². The molecule has 0 aliphatic rings. The van der Waals surface area contributed by atoms with Gasteiger partial charge in [0.2, 0.25) is 0 Å². The molecule has 0 atom stereocenters. The molecule has 3 nitrogen and oxygen atoms in total. The Morgan fingerprint density at radius 1 is 1.69 bits per heavy atom. The monoisotopic (exact) mass is 190 g/mol. The zero-order valence-electron chi connectivity index (χ0n) is 6.70. The average Bonchev–Trinajstić information content (AvgIpc) is 2.62. The highest BCUT2D eigenvalue weighted by molar-refractivity contribution is 7.10. The van der Waals surface area contributed by atoms with E-state index < -0.39 is 0 Å². The lowest BCUT2D eigenvalue weighted by Crippen LogP contribution is -2.23. The summed E-state index contributed by atoms with van der Waals surface area (Å²) in [6.07, 6.45) is 10.1. The second-order valence-corrected chi connectivity index (χ2v) is 2.93. The van der Waals surface area contributed by atoms with Crippen LogP contribution in [0.15, 0.2) is 5.38 Å². The molecule has 1 rings (SSSR count). The molecule has 13 heavy (non-hydrogen) atoms. The van der Waals surface area contributed by atoms with Crippen molar-refractivity contribution in [3.8, 4) is 24.7 Å². The molecule has 0 unspecified atom stereocenters. The van der Waals surface area contributed by atoms with Gasteiger partial charge in [-0.05, 0) is 5.92 Å². The van der Waals surface area contributed by atoms with Crippen molar-refractivity contribution in [2.24, 2.45) is 0 Å². The summed E-state index contributed by atoms with van der Waals surface area (Å²) < 4.78 is 0. The number of carbonyl (C=O) groups is 1. The van der Waals surface area contributed by atoms with Gasteiger partial charge in [0.1, 0.15) is 5.69 Å². The zero-order valence-corrected chi connectivity index (χ0v) is 7.52. The van der Waals surface area contributed by atoms with E-state index in [1.54, 1.807) is 5.38 Å². The zero-order chi connectivity index (χ0) is 9.68. The largest absolute Gasteiger partial charge is 0.340 e. The molecular formula is C9H6N2OS. The summed E-state index contributed by atoms with van der Waals surface area (Å²) >= 11 is 1.25. The molecule has 0 spiro atoms. The van der Waals surface area contributed by atoms with Crippen LogP contribution in [0.5, 0.6) is 0 Å². The first-order valence-corrected chi connectivity index (χ1v) is 4.29. The van der Waals surface area contributed by atoms with Crippen LogP contribution in [-0.2, 0) is 0 Å². The SMILES string of the molecule is C#CCNC(=O)c1csc(C#C)n1. The predicted molar refractivity (Wildman–Crippen MR) is 51.2 cm³/mol. The van der Waals surface area contributed by atoms with Gasteiger partial charge in [0.05, 0.1) is 6.54 Å². The summed E-state index contributed by atoms with van der Waals surface area (Å²) in [4.78, 5) is 15.1. The molecule has 64 valence electrons. The van der Waals surface area contributed by atoms with Crippen LogP contribution in [0.3, 0.4) is 0 Å². The number of hydrogen-bond donors (Lipinski definition) is 1. The molecule has 0 aliphatic carbocycles. The van der Waals surface area contributed by atoms with Gasteiger partial charge in [0.25, 0.3) is 5.91 Å². The van der Waals surface area contributed by atoms with Crippen molar-refractivity contribution in [1.82, 2.24) is 10.3 Å². The van der Waals surface area contributed by atoms with Crippen LogP contribution in [0.25, 0.3) is 0 Å². The standard InChI is InChI=1S/C9H6N2OS/c1-3-5-10-9(12)7-6-13-8(4-2)11-7/h1-2,6H,5H2,(H,10,12). The Balaban J connectivity index is 2.69. The third kappa shape index (κ3) is 2.33. The van der Waals surface area contributed by atoms with Crippen LogP contribution in [0.2, 0.25) is 0 Å². The number of nitrogens with zero attached hydrogens (tertiary/aromatic N) is 1. The van der Waals surface area contributed by atoms with Crippen LogP contribution >= 0.6 is 11.3 Å². The van der Waals surface area contributed by atoms with E-state index in [4.69, 9.17) is 12.8 Å². The number of carbonyl (C=O) groups excluding carboxylic acids is 1. The first-order valence-electron chi connectivity index (χ1n) is 3.41. The van der Waals surface area contributed by atoms with Crippen molar-refractivity contribution < 1.29 is 4.79 Å². The quantitative estimate of drug-likeness (QED) is 0.689. The van der Waals surface area contributed by atoms with E-state index >= 15 is 0 Å². The predicted octanol–water partition coefficient (Wildman–Crippen LogP) is 0.487. The van der Waals surface area contributed by atoms with Crippen LogP contribution in [0.1, 0.15) is 15.5 Å². The van der Waals surface area contributed by atoms with Crippen molar-refractivity contribution in [2.75, 3.05) is 6.54 Å². The molecule has 1 N–H and O–H groups in total. The lowest BCUT2D eigenvalue weighted by Gasteiger charge is -1.94. The molecule has 1 aromatic rings. The van der Waals surface area contributed by atoms with Gasteiger partial charge >= 0.3 is 0 Å². The Labute approximate surface area is 80.2 Å². The number of aromatic nitrogens is 1. The van der Waals surface area contributed by atoms with Crippen LogP contribution in [0, 0.1) is 24.7 Å². The van der Waals surface area contributed by atoms with Crippen LogP contribution < -0.4 is 5.32 Å². The third-order valence-corrected chi connectivity index (χ3v) is 1.98. The number of rotatable bonds is 2. The maximum Gasteiger partial charge on any atom is 0.271 e. The van der Waals surface area contributed by atoms with E-state index in [2.05, 4.69) is 22.1 Å². The molecule has 4 heteroatoms. The molecule has 0 radical (unpaired) electrons. The minimum Gasteiger partial charge on any atom is -0.340 e. The molecule has 1 heterocycles. The Hall–Kier alpha value is -1.78. The fourth-order valence-corrected chi connectivity index (χ4v) is 1.27. The lowest BCUT2D eigenvalue weighted by atomic mass is 10.4. The van der Waals surface area contributed by atoms with E-state index in [1.807, 2.05) is 0 Å². The van der Waals surface area contributed by atoms with Gasteiger partial charge < -0.3 is 5.32 Å². The summed E-state index contributed by atoms with van der Waals surface area (Å²) in [6.45, 7) is 0.196. The molecule has 0 aromatic carbocycles. The van der Waals surface area contributed by atoms with Crippen LogP contribution in [0.4, 0.5) is 0 Å². The van der Waals surface area contributed by atoms with Crippen molar-refractivity contribution in [2.45, 2.75) is 0 Å². The molecule has 0 saturated heterocycles. The van der Waals surface area contributed by atoms with E-state index in [9.17, 15) is 4.79 Å². The number of thiazole rings is 1. The normalized spacial score (nSPS) is 8.46. The van der Waals surface area contributed by atoms with E-state index in [0.717, 1.165) is 0 Å². The molecule has 1 amide bonds. The Morgan fingerprint density at radius 2 is 2.46 bits per heavy atom. The molecule has 0 bridgehead atoms. The smallest absolute Gasteiger partial charge is 0.271 e. The second-order valence-electron chi connectivity index (χ2n) is 2.07. The van der Waals surface area contributed by atoms with Gasteiger partial charge in [-0.2, -0.15) is 0 Å². The van der Waals surface area contributed by atoms with Gasteiger partial charge in [0, 0.05) is 5.38 Å². The minimum atomic E-state index is -0.296. The maximum absolute atomic E-state index is 11.2. The van der Waals surface area contributed by atoms with Gasteiger partial charge in [-0.15, -0.1) is 24.2 Å².